The van der Waals surface area contributed by atoms with Crippen LogP contribution >= 0.6 is 0 Å². The second kappa shape index (κ2) is 6.76. The van der Waals surface area contributed by atoms with Crippen molar-refractivity contribution in [2.75, 3.05) is 26.7 Å². The maximum Gasteiger partial charge on any atom is 0.122 e. The van der Waals surface area contributed by atoms with Crippen LogP contribution in [0.25, 0.3) is 0 Å². The fourth-order valence-electron chi connectivity index (χ4n) is 2.49. The van der Waals surface area contributed by atoms with Gasteiger partial charge >= 0.3 is 0 Å². The van der Waals surface area contributed by atoms with Crippen LogP contribution < -0.4 is 15.4 Å². The molecule has 0 bridgehead atoms. The largest absolute Gasteiger partial charge is 0.496 e. The summed E-state index contributed by atoms with van der Waals surface area (Å²) < 4.78 is 5.43. The highest BCUT2D eigenvalue weighted by atomic mass is 16.5. The second-order valence-electron chi connectivity index (χ2n) is 4.89. The summed E-state index contributed by atoms with van der Waals surface area (Å²) in [4.78, 5) is 0. The van der Waals surface area contributed by atoms with E-state index in [9.17, 15) is 0 Å². The summed E-state index contributed by atoms with van der Waals surface area (Å²) in [6, 6.07) is 7.15. The molecule has 1 aromatic carbocycles. The van der Waals surface area contributed by atoms with Gasteiger partial charge in [-0.25, -0.2) is 0 Å². The molecule has 3 nitrogen and oxygen atoms in total. The zero-order valence-corrected chi connectivity index (χ0v) is 11.5. The summed E-state index contributed by atoms with van der Waals surface area (Å²) in [5.41, 5.74) is 2.70. The maximum absolute atomic E-state index is 5.43. The lowest BCUT2D eigenvalue weighted by molar-refractivity contribution is 0.408. The van der Waals surface area contributed by atoms with E-state index in [1.165, 1.54) is 17.5 Å². The molecule has 1 aliphatic heterocycles. The molecule has 0 aliphatic carbocycles. The highest BCUT2D eigenvalue weighted by Crippen LogP contribution is 2.20. The van der Waals surface area contributed by atoms with Crippen molar-refractivity contribution in [2.45, 2.75) is 32.2 Å². The molecule has 1 atom stereocenters. The Bertz CT molecular complexity index is 373. The van der Waals surface area contributed by atoms with Crippen LogP contribution in [0, 0.1) is 0 Å². The van der Waals surface area contributed by atoms with E-state index in [1.807, 2.05) is 0 Å². The molecule has 1 heterocycles. The van der Waals surface area contributed by atoms with Crippen LogP contribution in [0.15, 0.2) is 18.2 Å². The van der Waals surface area contributed by atoms with Gasteiger partial charge in [0.1, 0.15) is 5.75 Å². The van der Waals surface area contributed by atoms with Gasteiger partial charge in [-0.2, -0.15) is 0 Å². The Kier molecular flexibility index (Phi) is 5.02. The monoisotopic (exact) mass is 248 g/mol. The molecular weight excluding hydrogens is 224 g/mol. The zero-order valence-electron chi connectivity index (χ0n) is 11.5. The lowest BCUT2D eigenvalue weighted by atomic mass is 10.0. The van der Waals surface area contributed by atoms with Crippen LogP contribution in [-0.2, 0) is 12.8 Å². The van der Waals surface area contributed by atoms with Crippen molar-refractivity contribution in [2.24, 2.45) is 0 Å². The van der Waals surface area contributed by atoms with Crippen LogP contribution in [0.4, 0.5) is 0 Å². The summed E-state index contributed by atoms with van der Waals surface area (Å²) in [6.07, 6.45) is 3.36. The third-order valence-electron chi connectivity index (χ3n) is 3.64. The standard InChI is InChI=1S/C15H24N2O/c1-3-12-4-5-15(18-2)13(10-12)6-9-17-14-7-8-16-11-14/h4-5,10,14,16-17H,3,6-9,11H2,1-2H3. The van der Waals surface area contributed by atoms with E-state index < -0.39 is 0 Å². The molecule has 2 N–H and O–H groups in total. The molecule has 1 saturated heterocycles. The van der Waals surface area contributed by atoms with Crippen LogP contribution in [-0.4, -0.2) is 32.8 Å². The zero-order chi connectivity index (χ0) is 12.8. The summed E-state index contributed by atoms with van der Waals surface area (Å²) in [5, 5.41) is 6.98. The molecule has 1 aromatic rings. The van der Waals surface area contributed by atoms with Crippen molar-refractivity contribution < 1.29 is 4.74 Å². The average Bonchev–Trinajstić information content (AvgIpc) is 2.92. The molecule has 0 radical (unpaired) electrons. The quantitative estimate of drug-likeness (QED) is 0.804. The third kappa shape index (κ3) is 3.47. The number of aryl methyl sites for hydroxylation is 1. The van der Waals surface area contributed by atoms with E-state index >= 15 is 0 Å². The molecule has 100 valence electrons. The molecule has 0 saturated carbocycles. The van der Waals surface area contributed by atoms with E-state index in [4.69, 9.17) is 4.74 Å². The third-order valence-corrected chi connectivity index (χ3v) is 3.64. The number of nitrogens with one attached hydrogen (secondary N) is 2. The van der Waals surface area contributed by atoms with Gasteiger partial charge in [0, 0.05) is 12.6 Å². The fourth-order valence-corrected chi connectivity index (χ4v) is 2.49. The highest BCUT2D eigenvalue weighted by molar-refractivity contribution is 5.37. The number of rotatable bonds is 6. The number of hydrogen-bond acceptors (Lipinski definition) is 3. The molecule has 2 rings (SSSR count). The Morgan fingerprint density at radius 2 is 2.33 bits per heavy atom. The Balaban J connectivity index is 1.89. The topological polar surface area (TPSA) is 33.3 Å². The molecular formula is C15H24N2O. The summed E-state index contributed by atoms with van der Waals surface area (Å²) in [5.74, 6) is 1.01. The van der Waals surface area contributed by atoms with Gasteiger partial charge in [-0.05, 0) is 49.5 Å². The lowest BCUT2D eigenvalue weighted by Gasteiger charge is -2.13. The Morgan fingerprint density at radius 1 is 1.44 bits per heavy atom. The molecule has 0 aromatic heterocycles. The van der Waals surface area contributed by atoms with Gasteiger partial charge in [-0.15, -0.1) is 0 Å². The maximum atomic E-state index is 5.43. The minimum Gasteiger partial charge on any atom is -0.496 e. The van der Waals surface area contributed by atoms with Gasteiger partial charge in [0.05, 0.1) is 7.11 Å². The van der Waals surface area contributed by atoms with Crippen molar-refractivity contribution in [3.05, 3.63) is 29.3 Å². The summed E-state index contributed by atoms with van der Waals surface area (Å²) in [6.45, 7) is 5.46. The molecule has 0 spiro atoms. The molecule has 1 fully saturated rings. The van der Waals surface area contributed by atoms with Gasteiger partial charge in [-0.3, -0.25) is 0 Å². The van der Waals surface area contributed by atoms with Gasteiger partial charge in [0.2, 0.25) is 0 Å². The van der Waals surface area contributed by atoms with Crippen LogP contribution in [0.5, 0.6) is 5.75 Å². The predicted molar refractivity (Wildman–Crippen MR) is 75.4 cm³/mol. The molecule has 3 heteroatoms. The lowest BCUT2D eigenvalue weighted by Crippen LogP contribution is -2.32. The Morgan fingerprint density at radius 3 is 3.00 bits per heavy atom. The predicted octanol–water partition coefficient (Wildman–Crippen LogP) is 1.75. The van der Waals surface area contributed by atoms with Crippen molar-refractivity contribution in [1.29, 1.82) is 0 Å². The van der Waals surface area contributed by atoms with Gasteiger partial charge in [0.25, 0.3) is 0 Å². The van der Waals surface area contributed by atoms with Crippen LogP contribution in [0.3, 0.4) is 0 Å². The average molecular weight is 248 g/mol. The number of methoxy groups -OCH3 is 1. The van der Waals surface area contributed by atoms with Crippen molar-refractivity contribution in [3.63, 3.8) is 0 Å². The first-order valence-corrected chi connectivity index (χ1v) is 6.93. The number of ether oxygens (including phenoxy) is 1. The summed E-state index contributed by atoms with van der Waals surface area (Å²) >= 11 is 0. The van der Waals surface area contributed by atoms with E-state index in [1.54, 1.807) is 7.11 Å². The van der Waals surface area contributed by atoms with E-state index in [0.717, 1.165) is 38.2 Å². The first-order chi connectivity index (χ1) is 8.83. The van der Waals surface area contributed by atoms with E-state index in [0.29, 0.717) is 6.04 Å². The second-order valence-corrected chi connectivity index (χ2v) is 4.89. The molecule has 0 amide bonds. The normalized spacial score (nSPS) is 19.1. The highest BCUT2D eigenvalue weighted by Gasteiger charge is 2.13. The minimum absolute atomic E-state index is 0.644. The first-order valence-electron chi connectivity index (χ1n) is 6.93. The Labute approximate surface area is 110 Å². The fraction of sp³-hybridized carbons (Fsp3) is 0.600. The first kappa shape index (κ1) is 13.4. The number of benzene rings is 1. The smallest absolute Gasteiger partial charge is 0.122 e. The van der Waals surface area contributed by atoms with Gasteiger partial charge in [-0.1, -0.05) is 19.1 Å². The minimum atomic E-state index is 0.644. The van der Waals surface area contributed by atoms with Crippen molar-refractivity contribution in [1.82, 2.24) is 10.6 Å². The van der Waals surface area contributed by atoms with Crippen molar-refractivity contribution in [3.8, 4) is 5.75 Å². The van der Waals surface area contributed by atoms with Crippen LogP contribution in [0.1, 0.15) is 24.5 Å². The van der Waals surface area contributed by atoms with E-state index in [2.05, 4.69) is 35.8 Å². The Hall–Kier alpha value is -1.06. The van der Waals surface area contributed by atoms with Gasteiger partial charge < -0.3 is 15.4 Å². The SMILES string of the molecule is CCc1ccc(OC)c(CCNC2CCNC2)c1. The van der Waals surface area contributed by atoms with E-state index in [-0.39, 0.29) is 0 Å². The number of hydrogen-bond donors (Lipinski definition) is 2. The summed E-state index contributed by atoms with van der Waals surface area (Å²) in [7, 11) is 1.75. The molecule has 18 heavy (non-hydrogen) atoms. The molecule has 1 aliphatic rings. The van der Waals surface area contributed by atoms with Crippen LogP contribution in [0.2, 0.25) is 0 Å². The molecule has 1 unspecified atom stereocenters. The van der Waals surface area contributed by atoms with Crippen molar-refractivity contribution >= 4 is 0 Å². The van der Waals surface area contributed by atoms with Gasteiger partial charge in [0.15, 0.2) is 0 Å².